The van der Waals surface area contributed by atoms with E-state index in [2.05, 4.69) is 41.4 Å². The average Bonchev–Trinajstić information content (AvgIpc) is 2.84. The number of nitrogens with one attached hydrogen (secondary N) is 1. The Morgan fingerprint density at radius 1 is 1.30 bits per heavy atom. The highest BCUT2D eigenvalue weighted by molar-refractivity contribution is 5.37. The van der Waals surface area contributed by atoms with Gasteiger partial charge in [0.1, 0.15) is 11.9 Å². The molecular formula is C17H26N2O. The van der Waals surface area contributed by atoms with Crippen LogP contribution in [0.2, 0.25) is 0 Å². The Morgan fingerprint density at radius 3 is 3.05 bits per heavy atom. The van der Waals surface area contributed by atoms with Crippen LogP contribution in [-0.4, -0.2) is 43.2 Å². The number of hydrogen-bond donors (Lipinski definition) is 1. The summed E-state index contributed by atoms with van der Waals surface area (Å²) in [5, 5.41) is 3.64. The van der Waals surface area contributed by atoms with E-state index in [1.54, 1.807) is 0 Å². The minimum absolute atomic E-state index is 0.347. The summed E-state index contributed by atoms with van der Waals surface area (Å²) in [5.74, 6) is 1.10. The van der Waals surface area contributed by atoms with Gasteiger partial charge in [0.15, 0.2) is 0 Å². The molecule has 2 atom stereocenters. The molecule has 2 aliphatic rings. The van der Waals surface area contributed by atoms with Crippen LogP contribution in [0.3, 0.4) is 0 Å². The third-order valence-electron chi connectivity index (χ3n) is 4.55. The normalized spacial score (nSPS) is 27.4. The van der Waals surface area contributed by atoms with Crippen molar-refractivity contribution in [2.75, 3.05) is 26.2 Å². The predicted molar refractivity (Wildman–Crippen MR) is 82.3 cm³/mol. The second-order valence-electron chi connectivity index (χ2n) is 6.05. The second-order valence-corrected chi connectivity index (χ2v) is 6.05. The lowest BCUT2D eigenvalue weighted by molar-refractivity contribution is 0.139. The fraction of sp³-hybridized carbons (Fsp3) is 0.647. The first-order valence-corrected chi connectivity index (χ1v) is 8.05. The minimum atomic E-state index is 0.347. The van der Waals surface area contributed by atoms with Gasteiger partial charge in [0.2, 0.25) is 0 Å². The zero-order valence-corrected chi connectivity index (χ0v) is 12.5. The van der Waals surface area contributed by atoms with E-state index in [0.29, 0.717) is 12.1 Å². The molecule has 1 aromatic rings. The van der Waals surface area contributed by atoms with Gasteiger partial charge >= 0.3 is 0 Å². The Kier molecular flexibility index (Phi) is 4.58. The van der Waals surface area contributed by atoms with Gasteiger partial charge in [-0.3, -0.25) is 4.90 Å². The van der Waals surface area contributed by atoms with Gasteiger partial charge in [-0.25, -0.2) is 0 Å². The van der Waals surface area contributed by atoms with Crippen molar-refractivity contribution >= 4 is 0 Å². The molecule has 0 spiro atoms. The topological polar surface area (TPSA) is 24.5 Å². The van der Waals surface area contributed by atoms with E-state index < -0.39 is 0 Å². The number of fused-ring (bicyclic) bond motifs is 1. The smallest absolute Gasteiger partial charge is 0.123 e. The molecule has 2 heterocycles. The summed E-state index contributed by atoms with van der Waals surface area (Å²) >= 11 is 0. The van der Waals surface area contributed by atoms with Crippen molar-refractivity contribution in [3.05, 3.63) is 29.8 Å². The molecule has 1 fully saturated rings. The Balaban J connectivity index is 1.53. The van der Waals surface area contributed by atoms with Gasteiger partial charge in [0.25, 0.3) is 0 Å². The third kappa shape index (κ3) is 3.33. The number of nitrogens with zero attached hydrogens (tertiary/aromatic N) is 1. The maximum absolute atomic E-state index is 6.08. The first-order chi connectivity index (χ1) is 9.85. The number of ether oxygens (including phenoxy) is 1. The van der Waals surface area contributed by atoms with E-state index in [4.69, 9.17) is 4.74 Å². The van der Waals surface area contributed by atoms with Gasteiger partial charge < -0.3 is 10.1 Å². The third-order valence-corrected chi connectivity index (χ3v) is 4.55. The Morgan fingerprint density at radius 2 is 2.20 bits per heavy atom. The lowest BCUT2D eigenvalue weighted by Crippen LogP contribution is -2.43. The van der Waals surface area contributed by atoms with Crippen molar-refractivity contribution in [2.24, 2.45) is 0 Å². The first-order valence-electron chi connectivity index (χ1n) is 8.05. The molecule has 2 aliphatic heterocycles. The molecule has 0 aromatic heterocycles. The standard InChI is InChI=1S/C17H26N2O/c1-2-15-8-11-19(10-5-9-18-15)13-16-12-14-6-3-4-7-17(14)20-16/h3-4,6-7,15-16,18H,2,5,8-13H2,1H3. The average molecular weight is 274 g/mol. The van der Waals surface area contributed by atoms with Crippen molar-refractivity contribution < 1.29 is 4.74 Å². The Bertz CT molecular complexity index is 410. The molecule has 0 amide bonds. The monoisotopic (exact) mass is 274 g/mol. The first kappa shape index (κ1) is 13.9. The second kappa shape index (κ2) is 6.59. The molecule has 3 nitrogen and oxygen atoms in total. The summed E-state index contributed by atoms with van der Waals surface area (Å²) in [6.45, 7) is 6.90. The number of rotatable bonds is 3. The molecule has 0 aliphatic carbocycles. The molecule has 1 aromatic carbocycles. The molecule has 110 valence electrons. The minimum Gasteiger partial charge on any atom is -0.488 e. The van der Waals surface area contributed by atoms with E-state index in [1.165, 1.54) is 37.9 Å². The zero-order valence-electron chi connectivity index (χ0n) is 12.5. The van der Waals surface area contributed by atoms with E-state index in [1.807, 2.05) is 0 Å². The van der Waals surface area contributed by atoms with E-state index in [0.717, 1.165) is 25.3 Å². The quantitative estimate of drug-likeness (QED) is 0.916. The molecule has 0 radical (unpaired) electrons. The largest absolute Gasteiger partial charge is 0.488 e. The predicted octanol–water partition coefficient (Wildman–Crippen LogP) is 2.45. The maximum Gasteiger partial charge on any atom is 0.123 e. The maximum atomic E-state index is 6.08. The molecule has 1 N–H and O–H groups in total. The Hall–Kier alpha value is -1.06. The van der Waals surface area contributed by atoms with Crippen LogP contribution in [-0.2, 0) is 6.42 Å². The van der Waals surface area contributed by atoms with Gasteiger partial charge in [-0.2, -0.15) is 0 Å². The van der Waals surface area contributed by atoms with Crippen LogP contribution in [0.5, 0.6) is 5.75 Å². The number of hydrogen-bond acceptors (Lipinski definition) is 3. The molecule has 0 bridgehead atoms. The summed E-state index contributed by atoms with van der Waals surface area (Å²) in [7, 11) is 0. The van der Waals surface area contributed by atoms with Crippen LogP contribution in [0.25, 0.3) is 0 Å². The van der Waals surface area contributed by atoms with Gasteiger partial charge in [0, 0.05) is 19.0 Å². The molecule has 0 saturated carbocycles. The summed E-state index contributed by atoms with van der Waals surface area (Å²) in [6.07, 6.45) is 5.16. The molecule has 20 heavy (non-hydrogen) atoms. The summed E-state index contributed by atoms with van der Waals surface area (Å²) in [6, 6.07) is 9.16. The van der Waals surface area contributed by atoms with Crippen molar-refractivity contribution in [1.82, 2.24) is 10.2 Å². The van der Waals surface area contributed by atoms with Crippen LogP contribution < -0.4 is 10.1 Å². The highest BCUT2D eigenvalue weighted by Gasteiger charge is 2.25. The van der Waals surface area contributed by atoms with Gasteiger partial charge in [-0.1, -0.05) is 25.1 Å². The molecule has 3 rings (SSSR count). The van der Waals surface area contributed by atoms with Crippen LogP contribution in [0, 0.1) is 0 Å². The van der Waals surface area contributed by atoms with Crippen molar-refractivity contribution in [3.8, 4) is 5.75 Å². The fourth-order valence-electron chi connectivity index (χ4n) is 3.34. The lowest BCUT2D eigenvalue weighted by atomic mass is 10.1. The summed E-state index contributed by atoms with van der Waals surface area (Å²) < 4.78 is 6.08. The SMILES string of the molecule is CCC1CCN(CC2Cc3ccccc3O2)CCCN1. The van der Waals surface area contributed by atoms with Crippen molar-refractivity contribution in [3.63, 3.8) is 0 Å². The van der Waals surface area contributed by atoms with Crippen molar-refractivity contribution in [1.29, 1.82) is 0 Å². The molecule has 2 unspecified atom stereocenters. The lowest BCUT2D eigenvalue weighted by Gasteiger charge is -2.30. The highest BCUT2D eigenvalue weighted by Crippen LogP contribution is 2.28. The van der Waals surface area contributed by atoms with E-state index in [-0.39, 0.29) is 0 Å². The van der Waals surface area contributed by atoms with Gasteiger partial charge in [0.05, 0.1) is 0 Å². The van der Waals surface area contributed by atoms with Gasteiger partial charge in [-0.05, 0) is 50.5 Å². The Labute approximate surface area is 122 Å². The molecule has 1 saturated heterocycles. The summed E-state index contributed by atoms with van der Waals surface area (Å²) in [4.78, 5) is 2.60. The zero-order chi connectivity index (χ0) is 13.8. The number of para-hydroxylation sites is 1. The summed E-state index contributed by atoms with van der Waals surface area (Å²) in [5.41, 5.74) is 1.37. The van der Waals surface area contributed by atoms with Crippen LogP contribution in [0.1, 0.15) is 31.7 Å². The van der Waals surface area contributed by atoms with Crippen molar-refractivity contribution in [2.45, 2.75) is 44.8 Å². The van der Waals surface area contributed by atoms with Crippen LogP contribution in [0.4, 0.5) is 0 Å². The van der Waals surface area contributed by atoms with Crippen LogP contribution in [0.15, 0.2) is 24.3 Å². The fourth-order valence-corrected chi connectivity index (χ4v) is 3.34. The molecular weight excluding hydrogens is 248 g/mol. The van der Waals surface area contributed by atoms with Crippen LogP contribution >= 0.6 is 0 Å². The van der Waals surface area contributed by atoms with E-state index in [9.17, 15) is 0 Å². The van der Waals surface area contributed by atoms with Gasteiger partial charge in [-0.15, -0.1) is 0 Å². The molecule has 3 heteroatoms. The number of benzene rings is 1. The highest BCUT2D eigenvalue weighted by atomic mass is 16.5. The van der Waals surface area contributed by atoms with E-state index >= 15 is 0 Å².